The van der Waals surface area contributed by atoms with Crippen molar-refractivity contribution >= 4 is 11.6 Å². The van der Waals surface area contributed by atoms with Gasteiger partial charge in [0.25, 0.3) is 0 Å². The molecule has 20 heavy (non-hydrogen) atoms. The van der Waals surface area contributed by atoms with E-state index in [9.17, 15) is 26.7 Å². The summed E-state index contributed by atoms with van der Waals surface area (Å²) in [7, 11) is 0. The van der Waals surface area contributed by atoms with Crippen molar-refractivity contribution in [3.8, 4) is 0 Å². The highest BCUT2D eigenvalue weighted by Crippen LogP contribution is 2.27. The van der Waals surface area contributed by atoms with Crippen LogP contribution in [-0.4, -0.2) is 11.4 Å². The van der Waals surface area contributed by atoms with Crippen LogP contribution in [0.4, 0.5) is 27.6 Å². The second kappa shape index (κ2) is 5.74. The molecule has 1 aromatic carbocycles. The predicted molar refractivity (Wildman–Crippen MR) is 62.4 cm³/mol. The lowest BCUT2D eigenvalue weighted by molar-refractivity contribution is -0.120. The van der Waals surface area contributed by atoms with Crippen LogP contribution < -0.4 is 11.1 Å². The van der Waals surface area contributed by atoms with E-state index in [-0.39, 0.29) is 6.42 Å². The van der Waals surface area contributed by atoms with Crippen molar-refractivity contribution < 1.29 is 26.7 Å². The van der Waals surface area contributed by atoms with Crippen molar-refractivity contribution in [2.45, 2.75) is 32.2 Å². The van der Waals surface area contributed by atoms with Gasteiger partial charge in [-0.2, -0.15) is 0 Å². The van der Waals surface area contributed by atoms with Gasteiger partial charge in [0.1, 0.15) is 5.69 Å². The summed E-state index contributed by atoms with van der Waals surface area (Å²) in [6, 6.07) is 0. The first-order chi connectivity index (χ1) is 9.13. The Balaban J connectivity index is 3.20. The number of hydrogen-bond donors (Lipinski definition) is 2. The van der Waals surface area contributed by atoms with E-state index in [0.29, 0.717) is 6.42 Å². The smallest absolute Gasteiger partial charge is 0.244 e. The van der Waals surface area contributed by atoms with Crippen LogP contribution in [0, 0.1) is 29.1 Å². The van der Waals surface area contributed by atoms with E-state index in [1.54, 1.807) is 12.2 Å². The molecule has 8 heteroatoms. The molecule has 0 aliphatic heterocycles. The summed E-state index contributed by atoms with van der Waals surface area (Å²) in [5.74, 6) is -11.8. The summed E-state index contributed by atoms with van der Waals surface area (Å²) in [5, 5.41) is 1.65. The Morgan fingerprint density at radius 2 is 1.45 bits per heavy atom. The first-order valence-corrected chi connectivity index (χ1v) is 5.75. The zero-order chi connectivity index (χ0) is 15.7. The molecule has 0 bridgehead atoms. The molecule has 1 aromatic rings. The Labute approximate surface area is 112 Å². The molecule has 0 aliphatic carbocycles. The number of amides is 1. The van der Waals surface area contributed by atoms with Gasteiger partial charge in [0, 0.05) is 0 Å². The Hall–Kier alpha value is -1.70. The molecule has 1 rings (SSSR count). The van der Waals surface area contributed by atoms with Gasteiger partial charge in [-0.05, 0) is 13.3 Å². The third-order valence-electron chi connectivity index (χ3n) is 2.74. The van der Waals surface area contributed by atoms with E-state index in [0.717, 1.165) is 0 Å². The van der Waals surface area contributed by atoms with Crippen LogP contribution in [0.2, 0.25) is 0 Å². The zero-order valence-electron chi connectivity index (χ0n) is 10.8. The summed E-state index contributed by atoms with van der Waals surface area (Å²) >= 11 is 0. The minimum Gasteiger partial charge on any atom is -0.319 e. The van der Waals surface area contributed by atoms with Gasteiger partial charge in [-0.1, -0.05) is 13.3 Å². The molecule has 3 N–H and O–H groups in total. The zero-order valence-corrected chi connectivity index (χ0v) is 10.8. The number of hydrogen-bond acceptors (Lipinski definition) is 2. The molecule has 0 saturated heterocycles. The van der Waals surface area contributed by atoms with E-state index in [4.69, 9.17) is 5.73 Å². The SMILES string of the molecule is CCCC(C)(N)C(=O)Nc1c(F)c(F)c(F)c(F)c1F. The van der Waals surface area contributed by atoms with Crippen LogP contribution in [0.1, 0.15) is 26.7 Å². The van der Waals surface area contributed by atoms with E-state index in [1.165, 1.54) is 6.92 Å². The summed E-state index contributed by atoms with van der Waals surface area (Å²) in [5.41, 5.74) is 2.71. The lowest BCUT2D eigenvalue weighted by Crippen LogP contribution is -2.48. The molecule has 3 nitrogen and oxygen atoms in total. The highest BCUT2D eigenvalue weighted by atomic mass is 19.2. The second-order valence-corrected chi connectivity index (χ2v) is 4.57. The van der Waals surface area contributed by atoms with Crippen molar-refractivity contribution in [3.05, 3.63) is 29.1 Å². The second-order valence-electron chi connectivity index (χ2n) is 4.57. The van der Waals surface area contributed by atoms with Crippen molar-refractivity contribution in [3.63, 3.8) is 0 Å². The summed E-state index contributed by atoms with van der Waals surface area (Å²) in [4.78, 5) is 11.7. The van der Waals surface area contributed by atoms with Crippen LogP contribution >= 0.6 is 0 Å². The van der Waals surface area contributed by atoms with E-state index in [2.05, 4.69) is 0 Å². The van der Waals surface area contributed by atoms with Gasteiger partial charge in [0.05, 0.1) is 5.54 Å². The normalized spacial score (nSPS) is 14.0. The Morgan fingerprint density at radius 1 is 1.05 bits per heavy atom. The molecule has 1 amide bonds. The van der Waals surface area contributed by atoms with Crippen LogP contribution in [0.5, 0.6) is 0 Å². The van der Waals surface area contributed by atoms with Crippen molar-refractivity contribution in [1.29, 1.82) is 0 Å². The number of nitrogens with one attached hydrogen (secondary N) is 1. The molecule has 0 aliphatic rings. The predicted octanol–water partition coefficient (Wildman–Crippen LogP) is 2.84. The van der Waals surface area contributed by atoms with Gasteiger partial charge >= 0.3 is 0 Å². The third kappa shape index (κ3) is 2.90. The van der Waals surface area contributed by atoms with E-state index >= 15 is 0 Å². The minimum atomic E-state index is -2.29. The van der Waals surface area contributed by atoms with Crippen LogP contribution in [-0.2, 0) is 4.79 Å². The van der Waals surface area contributed by atoms with Crippen molar-refractivity contribution in [2.75, 3.05) is 5.32 Å². The van der Waals surface area contributed by atoms with Crippen molar-refractivity contribution in [2.24, 2.45) is 5.73 Å². The van der Waals surface area contributed by atoms with E-state index in [1.807, 2.05) is 0 Å². The summed E-state index contributed by atoms with van der Waals surface area (Å²) in [6.45, 7) is 3.01. The number of rotatable bonds is 4. The highest BCUT2D eigenvalue weighted by Gasteiger charge is 2.32. The Kier molecular flexibility index (Phi) is 4.69. The Bertz CT molecular complexity index is 516. The number of benzene rings is 1. The standard InChI is InChI=1S/C12H13F5N2O/c1-3-4-12(2,18)11(20)19-10-8(16)6(14)5(13)7(15)9(10)17/h3-4,18H2,1-2H3,(H,19,20). The number of halogens is 5. The molecule has 112 valence electrons. The molecule has 0 spiro atoms. The van der Waals surface area contributed by atoms with Crippen LogP contribution in [0.25, 0.3) is 0 Å². The number of anilines is 1. The molecule has 0 fully saturated rings. The van der Waals surface area contributed by atoms with Crippen molar-refractivity contribution in [1.82, 2.24) is 0 Å². The number of nitrogens with two attached hydrogens (primary N) is 1. The molecular weight excluding hydrogens is 283 g/mol. The Morgan fingerprint density at radius 3 is 1.85 bits per heavy atom. The third-order valence-corrected chi connectivity index (χ3v) is 2.74. The van der Waals surface area contributed by atoms with Gasteiger partial charge in [0.15, 0.2) is 23.3 Å². The maximum Gasteiger partial charge on any atom is 0.244 e. The number of carbonyl (C=O) groups is 1. The topological polar surface area (TPSA) is 55.1 Å². The molecule has 0 radical (unpaired) electrons. The first-order valence-electron chi connectivity index (χ1n) is 5.75. The van der Waals surface area contributed by atoms with E-state index < -0.39 is 46.2 Å². The fourth-order valence-corrected chi connectivity index (χ4v) is 1.60. The summed E-state index contributed by atoms with van der Waals surface area (Å²) in [6.07, 6.45) is 0.672. The van der Waals surface area contributed by atoms with Gasteiger partial charge in [-0.3, -0.25) is 4.79 Å². The number of carbonyl (C=O) groups excluding carboxylic acids is 1. The monoisotopic (exact) mass is 296 g/mol. The molecule has 0 saturated carbocycles. The first kappa shape index (κ1) is 16.4. The fourth-order valence-electron chi connectivity index (χ4n) is 1.60. The average molecular weight is 296 g/mol. The maximum atomic E-state index is 13.4. The highest BCUT2D eigenvalue weighted by molar-refractivity contribution is 5.97. The quantitative estimate of drug-likeness (QED) is 0.510. The molecular formula is C12H13F5N2O. The lowest BCUT2D eigenvalue weighted by Gasteiger charge is -2.23. The van der Waals surface area contributed by atoms with Crippen LogP contribution in [0.3, 0.4) is 0 Å². The summed E-state index contributed by atoms with van der Waals surface area (Å²) < 4.78 is 65.5. The van der Waals surface area contributed by atoms with Gasteiger partial charge in [-0.25, -0.2) is 22.0 Å². The fraction of sp³-hybridized carbons (Fsp3) is 0.417. The van der Waals surface area contributed by atoms with Crippen LogP contribution in [0.15, 0.2) is 0 Å². The largest absolute Gasteiger partial charge is 0.319 e. The molecule has 1 atom stereocenters. The molecule has 0 aromatic heterocycles. The molecule has 0 heterocycles. The average Bonchev–Trinajstić information content (AvgIpc) is 2.38. The minimum absolute atomic E-state index is 0.175. The maximum absolute atomic E-state index is 13.4. The van der Waals surface area contributed by atoms with Gasteiger partial charge in [0.2, 0.25) is 11.7 Å². The van der Waals surface area contributed by atoms with Gasteiger partial charge < -0.3 is 11.1 Å². The lowest BCUT2D eigenvalue weighted by atomic mass is 9.96. The van der Waals surface area contributed by atoms with Gasteiger partial charge in [-0.15, -0.1) is 0 Å². The molecule has 1 unspecified atom stereocenters.